The van der Waals surface area contributed by atoms with Gasteiger partial charge in [0, 0.05) is 78.6 Å². The Hall–Kier alpha value is -3.52. The Labute approximate surface area is 376 Å². The van der Waals surface area contributed by atoms with E-state index in [-0.39, 0.29) is 114 Å². The number of esters is 1. The Bertz CT molecular complexity index is 1230. The summed E-state index contributed by atoms with van der Waals surface area (Å²) in [5.74, 6) is -2.17. The van der Waals surface area contributed by atoms with Crippen molar-refractivity contribution < 1.29 is 96.9 Å². The number of methoxy groups -OCH3 is 3. The van der Waals surface area contributed by atoms with Crippen LogP contribution in [0.3, 0.4) is 0 Å². The molecule has 0 radical (unpaired) electrons. The predicted molar refractivity (Wildman–Crippen MR) is 227 cm³/mol. The fourth-order valence-electron chi connectivity index (χ4n) is 4.99. The van der Waals surface area contributed by atoms with Gasteiger partial charge in [-0.1, -0.05) is 20.8 Å². The molecule has 22 nitrogen and oxygen atoms in total. The second-order valence-electron chi connectivity index (χ2n) is 13.8. The van der Waals surface area contributed by atoms with Gasteiger partial charge < -0.3 is 73.5 Å². The molecule has 6 unspecified atom stereocenters. The lowest BCUT2D eigenvalue weighted by Crippen LogP contribution is -2.33. The smallest absolute Gasteiger partial charge is 0.305 e. The van der Waals surface area contributed by atoms with E-state index in [1.54, 1.807) is 0 Å². The van der Waals surface area contributed by atoms with Crippen molar-refractivity contribution in [3.05, 3.63) is 12.2 Å². The number of hydrogen-bond acceptors (Lipinski definition) is 19. The quantitative estimate of drug-likeness (QED) is 0.0214. The second-order valence-corrected chi connectivity index (χ2v) is 13.8. The second kappa shape index (κ2) is 42.1. The van der Waals surface area contributed by atoms with Crippen molar-refractivity contribution in [2.24, 2.45) is 0 Å². The zero-order valence-electron chi connectivity index (χ0n) is 38.5. The normalized spacial score (nSPS) is 14.9. The molecule has 3 amide bonds. The van der Waals surface area contributed by atoms with Gasteiger partial charge in [0.05, 0.1) is 77.7 Å². The molecule has 1 heterocycles. The van der Waals surface area contributed by atoms with Crippen molar-refractivity contribution in [1.82, 2.24) is 10.2 Å². The number of imide groups is 1. The standard InChI is InChI=1S/C23H38N2O9.C12H22O7.C7H16O4/c1-3-19(17-26)34-23(31-2)10-7-18(27)5-4-6-20(28)24-11-13-32-15-16-33-14-12-25-21(29)8-9-22(25)30;1-3-9(19-12(7-13)17-2)8-18-11(16)6-4-5-10(14)15;1-3-6(4-8)11-7(5-9)10-2/h8-9,19,23,26H,3-7,10-17H2,1-2H3,(H,24,28);9,12-13H,3-8H2,1-2H3,(H,14,15);6-9H,3-5H2,1-2H3. The van der Waals surface area contributed by atoms with Crippen molar-refractivity contribution in [2.75, 3.05) is 93.9 Å². The summed E-state index contributed by atoms with van der Waals surface area (Å²) >= 11 is 0. The number of carboxylic acid groups (broad SMARTS) is 1. The molecule has 6 atom stereocenters. The highest BCUT2D eigenvalue weighted by Gasteiger charge is 2.22. The summed E-state index contributed by atoms with van der Waals surface area (Å²) in [6, 6.07) is 0. The van der Waals surface area contributed by atoms with E-state index >= 15 is 0 Å². The first kappa shape index (κ1) is 62.6. The van der Waals surface area contributed by atoms with Gasteiger partial charge in [-0.25, -0.2) is 0 Å². The molecule has 374 valence electrons. The molecule has 1 aliphatic rings. The van der Waals surface area contributed by atoms with Crippen molar-refractivity contribution in [1.29, 1.82) is 0 Å². The minimum Gasteiger partial charge on any atom is -0.481 e. The molecule has 0 saturated carbocycles. The lowest BCUT2D eigenvalue weighted by atomic mass is 10.1. The van der Waals surface area contributed by atoms with Crippen LogP contribution < -0.4 is 5.32 Å². The Morgan fingerprint density at radius 1 is 0.625 bits per heavy atom. The van der Waals surface area contributed by atoms with E-state index in [4.69, 9.17) is 63.1 Å². The van der Waals surface area contributed by atoms with Crippen LogP contribution in [-0.2, 0) is 71.4 Å². The Kier molecular flexibility index (Phi) is 41.2. The fourth-order valence-corrected chi connectivity index (χ4v) is 4.99. The van der Waals surface area contributed by atoms with E-state index in [0.29, 0.717) is 71.3 Å². The number of aliphatic carboxylic acids is 1. The average molecular weight is 929 g/mol. The number of carbonyl (C=O) groups is 6. The molecule has 64 heavy (non-hydrogen) atoms. The number of ether oxygens (including phenoxy) is 9. The summed E-state index contributed by atoms with van der Waals surface area (Å²) in [6.45, 7) is 6.85. The number of nitrogens with one attached hydrogen (secondary N) is 1. The van der Waals surface area contributed by atoms with Gasteiger partial charge in [-0.15, -0.1) is 0 Å². The van der Waals surface area contributed by atoms with Crippen LogP contribution in [0, 0.1) is 0 Å². The minimum absolute atomic E-state index is 0.0357. The lowest BCUT2D eigenvalue weighted by molar-refractivity contribution is -0.188. The van der Waals surface area contributed by atoms with Crippen molar-refractivity contribution in [3.8, 4) is 0 Å². The highest BCUT2D eigenvalue weighted by molar-refractivity contribution is 6.12. The maximum atomic E-state index is 12.0. The molecule has 0 aromatic rings. The van der Waals surface area contributed by atoms with E-state index in [1.807, 2.05) is 20.8 Å². The van der Waals surface area contributed by atoms with Crippen LogP contribution >= 0.6 is 0 Å². The third-order valence-corrected chi connectivity index (χ3v) is 8.91. The monoisotopic (exact) mass is 928 g/mol. The van der Waals surface area contributed by atoms with Crippen molar-refractivity contribution in [2.45, 2.75) is 129 Å². The molecule has 1 aliphatic heterocycles. The molecule has 22 heteroatoms. The number of carbonyl (C=O) groups excluding carboxylic acids is 5. The van der Waals surface area contributed by atoms with Gasteiger partial charge in [0.2, 0.25) is 5.91 Å². The van der Waals surface area contributed by atoms with Crippen LogP contribution in [0.25, 0.3) is 0 Å². The number of rotatable bonds is 38. The van der Waals surface area contributed by atoms with Crippen LogP contribution in [0.2, 0.25) is 0 Å². The predicted octanol–water partition coefficient (Wildman–Crippen LogP) is 0.624. The highest BCUT2D eigenvalue weighted by Crippen LogP contribution is 2.12. The molecule has 6 N–H and O–H groups in total. The third kappa shape index (κ3) is 33.9. The number of aliphatic hydroxyl groups is 4. The van der Waals surface area contributed by atoms with Gasteiger partial charge in [0.15, 0.2) is 18.9 Å². The third-order valence-electron chi connectivity index (χ3n) is 8.91. The summed E-state index contributed by atoms with van der Waals surface area (Å²) in [5.41, 5.74) is 0. The summed E-state index contributed by atoms with van der Waals surface area (Å²) < 4.78 is 46.5. The average Bonchev–Trinajstić information content (AvgIpc) is 3.62. The zero-order valence-corrected chi connectivity index (χ0v) is 38.5. The fraction of sp³-hybridized carbons (Fsp3) is 0.810. The summed E-state index contributed by atoms with van der Waals surface area (Å²) in [4.78, 5) is 69.3. The van der Waals surface area contributed by atoms with Crippen LogP contribution in [0.1, 0.15) is 91.4 Å². The lowest BCUT2D eigenvalue weighted by Gasteiger charge is -2.21. The molecule has 0 aromatic heterocycles. The van der Waals surface area contributed by atoms with Crippen LogP contribution in [0.15, 0.2) is 12.2 Å². The van der Waals surface area contributed by atoms with Crippen LogP contribution in [0.4, 0.5) is 0 Å². The topological polar surface area (TPSA) is 302 Å². The molecule has 0 fully saturated rings. The SMILES string of the molecule is CCC(CO)OC(CCC(=O)CCCC(=O)NCCOCCOCCN1C(=O)C=CC1=O)OC.CCC(CO)OC(CO)OC.CCC(COC(=O)CCCC(=O)O)OC(CO)OC. The Balaban J connectivity index is 0. The molecule has 0 aromatic carbocycles. The molecule has 0 bridgehead atoms. The van der Waals surface area contributed by atoms with Crippen molar-refractivity contribution >= 4 is 35.4 Å². The van der Waals surface area contributed by atoms with Crippen molar-refractivity contribution in [3.63, 3.8) is 0 Å². The van der Waals surface area contributed by atoms with Crippen LogP contribution in [0.5, 0.6) is 0 Å². The first-order valence-electron chi connectivity index (χ1n) is 21.5. The van der Waals surface area contributed by atoms with Crippen LogP contribution in [-0.4, -0.2) is 197 Å². The molecule has 0 spiro atoms. The van der Waals surface area contributed by atoms with Gasteiger partial charge >= 0.3 is 11.9 Å². The number of ketones is 1. The van der Waals surface area contributed by atoms with E-state index in [1.165, 1.54) is 33.5 Å². The van der Waals surface area contributed by atoms with E-state index in [2.05, 4.69) is 5.32 Å². The minimum atomic E-state index is -0.937. The molecule has 1 rings (SSSR count). The van der Waals surface area contributed by atoms with Gasteiger partial charge in [-0.3, -0.25) is 33.7 Å². The summed E-state index contributed by atoms with van der Waals surface area (Å²) in [6.07, 6.45) is 3.59. The van der Waals surface area contributed by atoms with E-state index in [9.17, 15) is 33.9 Å². The number of nitrogens with zero attached hydrogens (tertiary/aromatic N) is 1. The number of aliphatic hydroxyl groups excluding tert-OH is 4. The zero-order chi connectivity index (χ0) is 48.5. The summed E-state index contributed by atoms with van der Waals surface area (Å²) in [5, 5.41) is 46.6. The number of amides is 3. The number of hydrogen-bond donors (Lipinski definition) is 6. The Morgan fingerprint density at radius 3 is 1.61 bits per heavy atom. The van der Waals surface area contributed by atoms with Gasteiger partial charge in [0.1, 0.15) is 12.4 Å². The molecular formula is C42H76N2O20. The van der Waals surface area contributed by atoms with E-state index in [0.717, 1.165) is 4.90 Å². The number of carboxylic acids is 1. The van der Waals surface area contributed by atoms with E-state index < -0.39 is 30.8 Å². The summed E-state index contributed by atoms with van der Waals surface area (Å²) in [7, 11) is 4.36. The molecular weight excluding hydrogens is 852 g/mol. The Morgan fingerprint density at radius 2 is 1.12 bits per heavy atom. The molecule has 0 saturated heterocycles. The number of Topliss-reactive ketones (excluding diaryl/α,β-unsaturated/α-hetero) is 1. The first-order chi connectivity index (χ1) is 30.7. The maximum Gasteiger partial charge on any atom is 0.305 e. The van der Waals surface area contributed by atoms with Gasteiger partial charge in [-0.2, -0.15) is 0 Å². The largest absolute Gasteiger partial charge is 0.481 e. The molecule has 0 aliphatic carbocycles. The van der Waals surface area contributed by atoms with Gasteiger partial charge in [0.25, 0.3) is 11.8 Å². The maximum absolute atomic E-state index is 12.0. The first-order valence-corrected chi connectivity index (χ1v) is 21.5. The van der Waals surface area contributed by atoms with Gasteiger partial charge in [-0.05, 0) is 32.1 Å². The highest BCUT2D eigenvalue weighted by atomic mass is 16.7.